The first kappa shape index (κ1) is 26.5. The predicted octanol–water partition coefficient (Wildman–Crippen LogP) is 4.71. The van der Waals surface area contributed by atoms with Gasteiger partial charge in [0, 0.05) is 10.7 Å². The van der Waals surface area contributed by atoms with Crippen molar-refractivity contribution in [3.8, 4) is 17.2 Å². The number of carbonyl (C=O) groups is 3. The largest absolute Gasteiger partial charge is 0.497 e. The number of ether oxygens (including phenoxy) is 3. The second-order valence-electron chi connectivity index (χ2n) is 7.03. The Kier molecular flexibility index (Phi) is 9.26. The number of rotatable bonds is 8. The third-order valence-electron chi connectivity index (χ3n) is 4.56. The van der Waals surface area contributed by atoms with E-state index in [0.717, 1.165) is 0 Å². The van der Waals surface area contributed by atoms with E-state index in [0.29, 0.717) is 28.6 Å². The highest BCUT2D eigenvalue weighted by molar-refractivity contribution is 6.39. The van der Waals surface area contributed by atoms with Crippen LogP contribution in [-0.2, 0) is 9.59 Å². The minimum Gasteiger partial charge on any atom is -0.497 e. The number of anilines is 1. The molecule has 9 nitrogen and oxygen atoms in total. The molecule has 0 radical (unpaired) electrons. The molecular weight excluding hydrogens is 509 g/mol. The molecule has 11 heteroatoms. The zero-order valence-electron chi connectivity index (χ0n) is 19.2. The van der Waals surface area contributed by atoms with Crippen LogP contribution in [0.1, 0.15) is 22.8 Å². The fraction of sp³-hybridized carbons (Fsp3) is 0.120. The van der Waals surface area contributed by atoms with Gasteiger partial charge >= 0.3 is 17.8 Å². The summed E-state index contributed by atoms with van der Waals surface area (Å²) in [5.41, 5.74) is 3.22. The summed E-state index contributed by atoms with van der Waals surface area (Å²) in [6, 6.07) is 15.6. The van der Waals surface area contributed by atoms with E-state index >= 15 is 0 Å². The van der Waals surface area contributed by atoms with Gasteiger partial charge in [-0.1, -0.05) is 23.2 Å². The van der Waals surface area contributed by atoms with Crippen LogP contribution < -0.4 is 25.0 Å². The molecule has 2 N–H and O–H groups in total. The van der Waals surface area contributed by atoms with Crippen molar-refractivity contribution in [2.24, 2.45) is 5.10 Å². The molecule has 2 amide bonds. The van der Waals surface area contributed by atoms with Crippen molar-refractivity contribution in [2.75, 3.05) is 19.0 Å². The lowest BCUT2D eigenvalue weighted by molar-refractivity contribution is -0.136. The smallest absolute Gasteiger partial charge is 0.345 e. The molecule has 0 bridgehead atoms. The summed E-state index contributed by atoms with van der Waals surface area (Å²) >= 11 is 11.9. The number of carbonyl (C=O) groups excluding carboxylic acids is 3. The van der Waals surface area contributed by atoms with Gasteiger partial charge in [0.05, 0.1) is 30.5 Å². The van der Waals surface area contributed by atoms with Crippen LogP contribution in [0.15, 0.2) is 65.8 Å². The average molecular weight is 530 g/mol. The Hall–Kier alpha value is -4.08. The van der Waals surface area contributed by atoms with Crippen LogP contribution in [0.2, 0.25) is 10.0 Å². The first-order chi connectivity index (χ1) is 17.3. The lowest BCUT2D eigenvalue weighted by Crippen LogP contribution is -2.32. The van der Waals surface area contributed by atoms with Crippen LogP contribution in [0.4, 0.5) is 5.69 Å². The molecule has 0 aliphatic heterocycles. The molecule has 0 atom stereocenters. The third kappa shape index (κ3) is 7.21. The number of methoxy groups -OCH3 is 1. The van der Waals surface area contributed by atoms with E-state index in [1.165, 1.54) is 37.6 Å². The molecule has 0 aliphatic rings. The van der Waals surface area contributed by atoms with Gasteiger partial charge in [-0.05, 0) is 73.2 Å². The third-order valence-corrected chi connectivity index (χ3v) is 5.10. The number of esters is 1. The van der Waals surface area contributed by atoms with E-state index in [4.69, 9.17) is 37.4 Å². The molecule has 3 aromatic rings. The number of benzene rings is 3. The van der Waals surface area contributed by atoms with Crippen molar-refractivity contribution in [1.82, 2.24) is 5.43 Å². The maximum atomic E-state index is 12.5. The number of halogens is 2. The van der Waals surface area contributed by atoms with E-state index in [-0.39, 0.29) is 22.1 Å². The molecule has 186 valence electrons. The molecule has 0 fully saturated rings. The number of hydrogen-bond donors (Lipinski definition) is 2. The number of amides is 2. The Balaban J connectivity index is 1.63. The van der Waals surface area contributed by atoms with Gasteiger partial charge in [-0.3, -0.25) is 9.59 Å². The van der Waals surface area contributed by atoms with Gasteiger partial charge in [0.15, 0.2) is 11.5 Å². The summed E-state index contributed by atoms with van der Waals surface area (Å²) in [6.45, 7) is 2.07. The summed E-state index contributed by atoms with van der Waals surface area (Å²) < 4.78 is 16.0. The van der Waals surface area contributed by atoms with Crippen LogP contribution >= 0.6 is 23.2 Å². The van der Waals surface area contributed by atoms with Gasteiger partial charge in [0.25, 0.3) is 0 Å². The second-order valence-corrected chi connectivity index (χ2v) is 7.88. The van der Waals surface area contributed by atoms with Crippen molar-refractivity contribution in [3.63, 3.8) is 0 Å². The summed E-state index contributed by atoms with van der Waals surface area (Å²) in [5, 5.41) is 6.78. The number of hydrazone groups is 1. The predicted molar refractivity (Wildman–Crippen MR) is 136 cm³/mol. The number of nitrogens with zero attached hydrogens (tertiary/aromatic N) is 1. The molecule has 0 heterocycles. The van der Waals surface area contributed by atoms with Gasteiger partial charge in [-0.15, -0.1) is 0 Å². The lowest BCUT2D eigenvalue weighted by atomic mass is 10.2. The van der Waals surface area contributed by atoms with E-state index in [2.05, 4.69) is 15.8 Å². The molecule has 0 saturated carbocycles. The van der Waals surface area contributed by atoms with Gasteiger partial charge in [0.2, 0.25) is 0 Å². The van der Waals surface area contributed by atoms with Gasteiger partial charge < -0.3 is 19.5 Å². The summed E-state index contributed by atoms with van der Waals surface area (Å²) in [4.78, 5) is 36.6. The van der Waals surface area contributed by atoms with Crippen molar-refractivity contribution < 1.29 is 28.6 Å². The molecular formula is C25H21Cl2N3O6. The minimum absolute atomic E-state index is 0.143. The summed E-state index contributed by atoms with van der Waals surface area (Å²) in [7, 11) is 1.52. The molecule has 0 saturated heterocycles. The van der Waals surface area contributed by atoms with Crippen LogP contribution in [0.3, 0.4) is 0 Å². The Morgan fingerprint density at radius 3 is 2.36 bits per heavy atom. The second kappa shape index (κ2) is 12.6. The van der Waals surface area contributed by atoms with Gasteiger partial charge in [-0.25, -0.2) is 10.2 Å². The molecule has 3 aromatic carbocycles. The molecule has 3 rings (SSSR count). The van der Waals surface area contributed by atoms with Gasteiger partial charge in [0.1, 0.15) is 5.75 Å². The van der Waals surface area contributed by atoms with E-state index in [1.54, 1.807) is 43.3 Å². The average Bonchev–Trinajstić information content (AvgIpc) is 2.86. The zero-order valence-corrected chi connectivity index (χ0v) is 20.7. The lowest BCUT2D eigenvalue weighted by Gasteiger charge is -2.12. The van der Waals surface area contributed by atoms with E-state index in [1.807, 2.05) is 0 Å². The number of nitrogens with one attached hydrogen (secondary N) is 2. The number of hydrogen-bond acceptors (Lipinski definition) is 7. The Bertz CT molecular complexity index is 1300. The summed E-state index contributed by atoms with van der Waals surface area (Å²) in [6.07, 6.45) is 1.31. The highest BCUT2D eigenvalue weighted by Crippen LogP contribution is 2.30. The van der Waals surface area contributed by atoms with E-state index in [9.17, 15) is 14.4 Å². The van der Waals surface area contributed by atoms with Crippen molar-refractivity contribution in [1.29, 1.82) is 0 Å². The molecule has 0 aromatic heterocycles. The minimum atomic E-state index is -0.961. The standard InChI is InChI=1S/C25H21Cl2N3O6/c1-3-35-22-12-15(4-11-21(22)36-25(33)19-10-5-16(26)13-20(19)27)14-28-30-24(32)23(31)29-17-6-8-18(34-2)9-7-17/h4-14H,3H2,1-2H3,(H,29,31)(H,30,32)/b28-14-. The van der Waals surface area contributed by atoms with Crippen LogP contribution in [0.25, 0.3) is 0 Å². The highest BCUT2D eigenvalue weighted by Gasteiger charge is 2.17. The van der Waals surface area contributed by atoms with Crippen LogP contribution in [0, 0.1) is 0 Å². The molecule has 36 heavy (non-hydrogen) atoms. The normalized spacial score (nSPS) is 10.6. The van der Waals surface area contributed by atoms with Crippen molar-refractivity contribution in [3.05, 3.63) is 81.8 Å². The topological polar surface area (TPSA) is 115 Å². The maximum Gasteiger partial charge on any atom is 0.345 e. The van der Waals surface area contributed by atoms with Crippen molar-refractivity contribution in [2.45, 2.75) is 6.92 Å². The Labute approximate surface area is 216 Å². The fourth-order valence-electron chi connectivity index (χ4n) is 2.85. The Morgan fingerprint density at radius 2 is 1.69 bits per heavy atom. The van der Waals surface area contributed by atoms with Crippen molar-refractivity contribution >= 4 is 52.9 Å². The Morgan fingerprint density at radius 1 is 0.944 bits per heavy atom. The SMILES string of the molecule is CCOc1cc(/C=N\NC(=O)C(=O)Nc2ccc(OC)cc2)ccc1OC(=O)c1ccc(Cl)cc1Cl. The first-order valence-electron chi connectivity index (χ1n) is 10.5. The fourth-order valence-corrected chi connectivity index (χ4v) is 3.33. The first-order valence-corrected chi connectivity index (χ1v) is 11.3. The quantitative estimate of drug-likeness (QED) is 0.143. The molecule has 0 spiro atoms. The monoisotopic (exact) mass is 529 g/mol. The van der Waals surface area contributed by atoms with E-state index < -0.39 is 17.8 Å². The molecule has 0 unspecified atom stereocenters. The van der Waals surface area contributed by atoms with Crippen LogP contribution in [0.5, 0.6) is 17.2 Å². The highest BCUT2D eigenvalue weighted by atomic mass is 35.5. The van der Waals surface area contributed by atoms with Gasteiger partial charge in [-0.2, -0.15) is 5.10 Å². The maximum absolute atomic E-state index is 12.5. The van der Waals surface area contributed by atoms with Crippen LogP contribution in [-0.4, -0.2) is 37.7 Å². The molecule has 0 aliphatic carbocycles. The summed E-state index contributed by atoms with van der Waals surface area (Å²) in [5.74, 6) is -1.50. The zero-order chi connectivity index (χ0) is 26.1.